The van der Waals surface area contributed by atoms with Gasteiger partial charge >= 0.3 is 7.12 Å². The average Bonchev–Trinajstić information content (AvgIpc) is 2.70. The van der Waals surface area contributed by atoms with E-state index < -0.39 is 0 Å². The molecule has 1 saturated heterocycles. The fraction of sp³-hybridized carbons (Fsp3) is 0.692. The van der Waals surface area contributed by atoms with E-state index in [0.717, 1.165) is 0 Å². The van der Waals surface area contributed by atoms with E-state index in [9.17, 15) is 0 Å². The van der Waals surface area contributed by atoms with Gasteiger partial charge in [-0.05, 0) is 46.5 Å². The van der Waals surface area contributed by atoms with Gasteiger partial charge in [-0.15, -0.1) is 0 Å². The molecular formula is C13H21BO2. The first-order valence-electron chi connectivity index (χ1n) is 6.11. The Hall–Kier alpha value is -0.535. The summed E-state index contributed by atoms with van der Waals surface area (Å²) in [7, 11) is -0.195. The van der Waals surface area contributed by atoms with Gasteiger partial charge in [0.1, 0.15) is 0 Å². The summed E-state index contributed by atoms with van der Waals surface area (Å²) in [6, 6.07) is 0. The van der Waals surface area contributed by atoms with Crippen molar-refractivity contribution < 1.29 is 9.31 Å². The van der Waals surface area contributed by atoms with Gasteiger partial charge in [-0.1, -0.05) is 24.2 Å². The maximum atomic E-state index is 5.89. The van der Waals surface area contributed by atoms with E-state index in [2.05, 4.69) is 51.9 Å². The molecule has 0 amide bonds. The Labute approximate surface area is 98.8 Å². The lowest BCUT2D eigenvalue weighted by molar-refractivity contribution is 0.00578. The Balaban J connectivity index is 1.96. The first kappa shape index (κ1) is 11.9. The molecule has 2 aliphatic rings. The van der Waals surface area contributed by atoms with Gasteiger partial charge in [0, 0.05) is 0 Å². The first-order chi connectivity index (χ1) is 7.41. The summed E-state index contributed by atoms with van der Waals surface area (Å²) in [6.07, 6.45) is 9.10. The molecular weight excluding hydrogens is 199 g/mol. The highest BCUT2D eigenvalue weighted by molar-refractivity contribution is 6.51. The fourth-order valence-corrected chi connectivity index (χ4v) is 2.02. The predicted molar refractivity (Wildman–Crippen MR) is 67.1 cm³/mol. The van der Waals surface area contributed by atoms with Crippen molar-refractivity contribution in [2.45, 2.75) is 51.7 Å². The van der Waals surface area contributed by atoms with Crippen molar-refractivity contribution in [2.75, 3.05) is 0 Å². The molecule has 2 rings (SSSR count). The zero-order chi connectivity index (χ0) is 11.8. The van der Waals surface area contributed by atoms with E-state index in [0.29, 0.717) is 5.92 Å². The molecule has 3 heteroatoms. The van der Waals surface area contributed by atoms with Gasteiger partial charge in [0.05, 0.1) is 11.2 Å². The molecule has 1 unspecified atom stereocenters. The molecule has 1 fully saturated rings. The average molecular weight is 220 g/mol. The third-order valence-electron chi connectivity index (χ3n) is 3.84. The third-order valence-corrected chi connectivity index (χ3v) is 3.84. The van der Waals surface area contributed by atoms with Crippen LogP contribution in [-0.2, 0) is 9.31 Å². The lowest BCUT2D eigenvalue weighted by Crippen LogP contribution is -2.41. The molecule has 0 bridgehead atoms. The monoisotopic (exact) mass is 220 g/mol. The second kappa shape index (κ2) is 4.04. The highest BCUT2D eigenvalue weighted by Gasteiger charge is 2.49. The highest BCUT2D eigenvalue weighted by atomic mass is 16.7. The SMILES string of the molecule is CC1(C)OB(/C=C/C2C=CCC2)OC1(C)C. The van der Waals surface area contributed by atoms with Crippen LogP contribution in [0.4, 0.5) is 0 Å². The number of rotatable bonds is 2. The van der Waals surface area contributed by atoms with E-state index >= 15 is 0 Å². The van der Waals surface area contributed by atoms with Gasteiger partial charge in [-0.25, -0.2) is 0 Å². The van der Waals surface area contributed by atoms with Crippen LogP contribution < -0.4 is 0 Å². The molecule has 0 saturated carbocycles. The summed E-state index contributed by atoms with van der Waals surface area (Å²) in [5.41, 5.74) is -0.457. The fourth-order valence-electron chi connectivity index (χ4n) is 2.02. The molecule has 1 heterocycles. The topological polar surface area (TPSA) is 18.5 Å². The minimum absolute atomic E-state index is 0.195. The van der Waals surface area contributed by atoms with E-state index in [1.807, 2.05) is 0 Å². The van der Waals surface area contributed by atoms with E-state index in [1.54, 1.807) is 0 Å². The van der Waals surface area contributed by atoms with E-state index in [1.165, 1.54) is 12.8 Å². The van der Waals surface area contributed by atoms with Crippen molar-refractivity contribution in [3.63, 3.8) is 0 Å². The number of hydrogen-bond acceptors (Lipinski definition) is 2. The quantitative estimate of drug-likeness (QED) is 0.525. The number of hydrogen-bond donors (Lipinski definition) is 0. The first-order valence-corrected chi connectivity index (χ1v) is 6.11. The van der Waals surface area contributed by atoms with Gasteiger partial charge in [0.2, 0.25) is 0 Å². The Morgan fingerprint density at radius 3 is 2.31 bits per heavy atom. The van der Waals surface area contributed by atoms with Gasteiger partial charge in [-0.3, -0.25) is 0 Å². The summed E-state index contributed by atoms with van der Waals surface area (Å²) in [5, 5.41) is 0. The van der Waals surface area contributed by atoms with Gasteiger partial charge in [-0.2, -0.15) is 0 Å². The van der Waals surface area contributed by atoms with Crippen LogP contribution in [0.15, 0.2) is 24.2 Å². The van der Waals surface area contributed by atoms with Crippen molar-refractivity contribution in [2.24, 2.45) is 5.92 Å². The molecule has 0 aromatic rings. The van der Waals surface area contributed by atoms with Crippen LogP contribution >= 0.6 is 0 Å². The number of allylic oxidation sites excluding steroid dienone is 3. The molecule has 1 aliphatic carbocycles. The van der Waals surface area contributed by atoms with Crippen LogP contribution in [0, 0.1) is 5.92 Å². The van der Waals surface area contributed by atoms with E-state index in [-0.39, 0.29) is 18.3 Å². The molecule has 1 aliphatic heterocycles. The summed E-state index contributed by atoms with van der Waals surface area (Å²) in [4.78, 5) is 0. The molecule has 1 atom stereocenters. The van der Waals surface area contributed by atoms with Crippen LogP contribution in [-0.4, -0.2) is 18.3 Å². The molecule has 0 aromatic heterocycles. The molecule has 16 heavy (non-hydrogen) atoms. The van der Waals surface area contributed by atoms with Crippen molar-refractivity contribution in [3.8, 4) is 0 Å². The third kappa shape index (κ3) is 2.25. The lowest BCUT2D eigenvalue weighted by atomic mass is 9.88. The van der Waals surface area contributed by atoms with E-state index in [4.69, 9.17) is 9.31 Å². The van der Waals surface area contributed by atoms with Gasteiger partial charge < -0.3 is 9.31 Å². The van der Waals surface area contributed by atoms with Crippen LogP contribution in [0.3, 0.4) is 0 Å². The normalized spacial score (nSPS) is 31.8. The Morgan fingerprint density at radius 2 is 1.81 bits per heavy atom. The minimum Gasteiger partial charge on any atom is -0.400 e. The molecule has 2 nitrogen and oxygen atoms in total. The predicted octanol–water partition coefficient (Wildman–Crippen LogP) is 3.14. The lowest BCUT2D eigenvalue weighted by Gasteiger charge is -2.32. The maximum absolute atomic E-state index is 5.89. The van der Waals surface area contributed by atoms with Crippen molar-refractivity contribution >= 4 is 7.12 Å². The summed E-state index contributed by atoms with van der Waals surface area (Å²) >= 11 is 0. The highest BCUT2D eigenvalue weighted by Crippen LogP contribution is 2.37. The minimum atomic E-state index is -0.229. The van der Waals surface area contributed by atoms with Crippen molar-refractivity contribution in [3.05, 3.63) is 24.2 Å². The molecule has 0 spiro atoms. The van der Waals surface area contributed by atoms with Crippen LogP contribution in [0.1, 0.15) is 40.5 Å². The molecule has 88 valence electrons. The molecule has 0 N–H and O–H groups in total. The van der Waals surface area contributed by atoms with Gasteiger partial charge in [0.25, 0.3) is 0 Å². The summed E-state index contributed by atoms with van der Waals surface area (Å²) < 4.78 is 11.8. The largest absolute Gasteiger partial charge is 0.486 e. The van der Waals surface area contributed by atoms with Crippen LogP contribution in [0.25, 0.3) is 0 Å². The Kier molecular flexibility index (Phi) is 3.02. The van der Waals surface area contributed by atoms with Crippen LogP contribution in [0.5, 0.6) is 0 Å². The second-order valence-electron chi connectivity index (χ2n) is 5.68. The van der Waals surface area contributed by atoms with Crippen LogP contribution in [0.2, 0.25) is 0 Å². The van der Waals surface area contributed by atoms with Gasteiger partial charge in [0.15, 0.2) is 0 Å². The van der Waals surface area contributed by atoms with Crippen molar-refractivity contribution in [1.82, 2.24) is 0 Å². The summed E-state index contributed by atoms with van der Waals surface area (Å²) in [5.74, 6) is 2.62. The molecule has 0 aromatic carbocycles. The standard InChI is InChI=1S/C13H21BO2/c1-12(2)13(3,4)16-14(15-12)10-9-11-7-5-6-8-11/h5,7,9-11H,6,8H2,1-4H3/b10-9+. The second-order valence-corrected chi connectivity index (χ2v) is 5.68. The summed E-state index contributed by atoms with van der Waals surface area (Å²) in [6.45, 7) is 8.32. The zero-order valence-electron chi connectivity index (χ0n) is 10.7. The Bertz CT molecular complexity index is 302. The van der Waals surface area contributed by atoms with Crippen molar-refractivity contribution in [1.29, 1.82) is 0 Å². The maximum Gasteiger partial charge on any atom is 0.486 e. The zero-order valence-corrected chi connectivity index (χ0v) is 10.7. The molecule has 0 radical (unpaired) electrons. The smallest absolute Gasteiger partial charge is 0.400 e. The Morgan fingerprint density at radius 1 is 1.19 bits per heavy atom.